The van der Waals surface area contributed by atoms with Crippen molar-refractivity contribution >= 4 is 10.0 Å². The van der Waals surface area contributed by atoms with E-state index in [1.165, 1.54) is 4.31 Å². The first kappa shape index (κ1) is 22.5. The third-order valence-electron chi connectivity index (χ3n) is 6.32. The van der Waals surface area contributed by atoms with Crippen LogP contribution in [0.4, 0.5) is 0 Å². The summed E-state index contributed by atoms with van der Waals surface area (Å²) in [7, 11) is -1.79. The molecule has 0 unspecified atom stereocenters. The number of fused-ring (bicyclic) bond motifs is 1. The van der Waals surface area contributed by atoms with Crippen molar-refractivity contribution in [3.05, 3.63) is 70.9 Å². The van der Waals surface area contributed by atoms with E-state index in [-0.39, 0.29) is 12.4 Å². The van der Waals surface area contributed by atoms with Crippen molar-refractivity contribution in [2.75, 3.05) is 6.54 Å². The topological polar surface area (TPSA) is 94.1 Å². The Labute approximate surface area is 199 Å². The molecule has 176 valence electrons. The van der Waals surface area contributed by atoms with Crippen LogP contribution in [0, 0.1) is 6.92 Å². The molecule has 0 aliphatic carbocycles. The van der Waals surface area contributed by atoms with Crippen molar-refractivity contribution in [3.63, 3.8) is 0 Å². The van der Waals surface area contributed by atoms with E-state index in [2.05, 4.69) is 29.1 Å². The molecule has 8 nitrogen and oxygen atoms in total. The molecule has 0 radical (unpaired) electrons. The lowest BCUT2D eigenvalue weighted by Crippen LogP contribution is -2.36. The Bertz CT molecular complexity index is 1430. The number of sulfonamides is 1. The van der Waals surface area contributed by atoms with Gasteiger partial charge in [0, 0.05) is 43.4 Å². The molecule has 0 bridgehead atoms. The summed E-state index contributed by atoms with van der Waals surface area (Å²) < 4.78 is 36.0. The van der Waals surface area contributed by atoms with Crippen molar-refractivity contribution in [2.24, 2.45) is 7.05 Å². The maximum Gasteiger partial charge on any atom is 0.268 e. The van der Waals surface area contributed by atoms with E-state index < -0.39 is 10.0 Å². The van der Waals surface area contributed by atoms with Crippen LogP contribution in [0.2, 0.25) is 0 Å². The first-order valence-electron chi connectivity index (χ1n) is 11.3. The summed E-state index contributed by atoms with van der Waals surface area (Å²) in [4.78, 5) is 0.297. The number of benzene rings is 2. The standard InChI is InChI=1S/C25H27N5O3S/c1-16(2)18-9-11-20(12-10-18)34(31,32)30-14-13-22-21(15-30)23(28-29(22)4)25-27-26-24(33-25)19-7-5-17(3)6-8-19/h5-12,16H,13-15H2,1-4H3. The number of hydrogen-bond donors (Lipinski definition) is 0. The third kappa shape index (κ3) is 3.95. The van der Waals surface area contributed by atoms with Gasteiger partial charge in [-0.1, -0.05) is 43.7 Å². The van der Waals surface area contributed by atoms with Gasteiger partial charge in [-0.05, 0) is 42.7 Å². The fourth-order valence-corrected chi connectivity index (χ4v) is 5.66. The van der Waals surface area contributed by atoms with Gasteiger partial charge >= 0.3 is 0 Å². The van der Waals surface area contributed by atoms with Gasteiger partial charge in [0.15, 0.2) is 5.69 Å². The van der Waals surface area contributed by atoms with Gasteiger partial charge in [-0.3, -0.25) is 4.68 Å². The van der Waals surface area contributed by atoms with Crippen LogP contribution in [0.25, 0.3) is 23.0 Å². The van der Waals surface area contributed by atoms with E-state index in [0.29, 0.717) is 35.4 Å². The second-order valence-corrected chi connectivity index (χ2v) is 10.9. The van der Waals surface area contributed by atoms with Gasteiger partial charge in [0.1, 0.15) is 0 Å². The second-order valence-electron chi connectivity index (χ2n) is 8.99. The zero-order valence-electron chi connectivity index (χ0n) is 19.7. The Morgan fingerprint density at radius 2 is 1.65 bits per heavy atom. The molecule has 0 N–H and O–H groups in total. The van der Waals surface area contributed by atoms with Crippen molar-refractivity contribution < 1.29 is 12.8 Å². The largest absolute Gasteiger partial charge is 0.415 e. The summed E-state index contributed by atoms with van der Waals surface area (Å²) in [5, 5.41) is 13.0. The van der Waals surface area contributed by atoms with Crippen LogP contribution in [0.1, 0.15) is 42.1 Å². The highest BCUT2D eigenvalue weighted by molar-refractivity contribution is 7.89. The quantitative estimate of drug-likeness (QED) is 0.425. The molecule has 1 aliphatic rings. The van der Waals surface area contributed by atoms with E-state index in [4.69, 9.17) is 4.42 Å². The summed E-state index contributed by atoms with van der Waals surface area (Å²) in [6.45, 7) is 6.78. The first-order valence-corrected chi connectivity index (χ1v) is 12.7. The predicted molar refractivity (Wildman–Crippen MR) is 129 cm³/mol. The fraction of sp³-hybridized carbons (Fsp3) is 0.320. The van der Waals surface area contributed by atoms with Gasteiger partial charge in [-0.15, -0.1) is 10.2 Å². The van der Waals surface area contributed by atoms with Crippen LogP contribution in [0.15, 0.2) is 57.8 Å². The lowest BCUT2D eigenvalue weighted by atomic mass is 10.0. The van der Waals surface area contributed by atoms with Crippen LogP contribution in [-0.4, -0.2) is 39.2 Å². The zero-order chi connectivity index (χ0) is 24.0. The molecule has 2 aromatic carbocycles. The van der Waals surface area contributed by atoms with Gasteiger partial charge in [-0.25, -0.2) is 8.42 Å². The highest BCUT2D eigenvalue weighted by Gasteiger charge is 2.33. The maximum atomic E-state index is 13.4. The third-order valence-corrected chi connectivity index (χ3v) is 8.18. The van der Waals surface area contributed by atoms with Gasteiger partial charge in [0.25, 0.3) is 5.89 Å². The average Bonchev–Trinajstić information content (AvgIpc) is 3.44. The van der Waals surface area contributed by atoms with Gasteiger partial charge in [-0.2, -0.15) is 9.40 Å². The Balaban J connectivity index is 1.46. The van der Waals surface area contributed by atoms with Crippen molar-refractivity contribution in [2.45, 2.75) is 44.6 Å². The number of nitrogens with zero attached hydrogens (tertiary/aromatic N) is 5. The zero-order valence-corrected chi connectivity index (χ0v) is 20.5. The molecular formula is C25H27N5O3S. The lowest BCUT2D eigenvalue weighted by molar-refractivity contribution is 0.386. The number of aromatic nitrogens is 4. The van der Waals surface area contributed by atoms with Crippen LogP contribution in [0.3, 0.4) is 0 Å². The fourth-order valence-electron chi connectivity index (χ4n) is 4.25. The van der Waals surface area contributed by atoms with Gasteiger partial charge in [0.2, 0.25) is 15.9 Å². The minimum Gasteiger partial charge on any atom is -0.415 e. The molecule has 3 heterocycles. The molecule has 5 rings (SSSR count). The summed E-state index contributed by atoms with van der Waals surface area (Å²) in [5.41, 5.74) is 5.38. The van der Waals surface area contributed by atoms with Crippen LogP contribution in [-0.2, 0) is 30.0 Å². The normalized spacial score (nSPS) is 14.5. The average molecular weight is 478 g/mol. The van der Waals surface area contributed by atoms with E-state index in [1.54, 1.807) is 16.8 Å². The first-order chi connectivity index (χ1) is 16.2. The molecule has 2 aromatic heterocycles. The highest BCUT2D eigenvalue weighted by Crippen LogP contribution is 2.33. The van der Waals surface area contributed by atoms with E-state index in [1.807, 2.05) is 50.4 Å². The lowest BCUT2D eigenvalue weighted by Gasteiger charge is -2.27. The number of aryl methyl sites for hydroxylation is 2. The molecule has 0 atom stereocenters. The molecule has 0 spiro atoms. The summed E-state index contributed by atoms with van der Waals surface area (Å²) in [6.07, 6.45) is 0.557. The molecule has 0 amide bonds. The van der Waals surface area contributed by atoms with Crippen molar-refractivity contribution in [1.82, 2.24) is 24.3 Å². The Hall–Kier alpha value is -3.30. The molecule has 0 fully saturated rings. The smallest absolute Gasteiger partial charge is 0.268 e. The highest BCUT2D eigenvalue weighted by atomic mass is 32.2. The SMILES string of the molecule is Cc1ccc(-c2nnc(-c3nn(C)c4c3CN(S(=O)(=O)c3ccc(C(C)C)cc3)CC4)o2)cc1. The summed E-state index contributed by atoms with van der Waals surface area (Å²) >= 11 is 0. The predicted octanol–water partition coefficient (Wildman–Crippen LogP) is 4.32. The molecular weight excluding hydrogens is 450 g/mol. The molecule has 0 saturated carbocycles. The molecule has 4 aromatic rings. The van der Waals surface area contributed by atoms with Crippen molar-refractivity contribution in [3.8, 4) is 23.0 Å². The number of hydrogen-bond acceptors (Lipinski definition) is 6. The summed E-state index contributed by atoms with van der Waals surface area (Å²) in [5.74, 6) is 1.03. The van der Waals surface area contributed by atoms with Crippen LogP contribution >= 0.6 is 0 Å². The molecule has 34 heavy (non-hydrogen) atoms. The Kier molecular flexibility index (Phi) is 5.61. The van der Waals surface area contributed by atoms with Crippen LogP contribution < -0.4 is 0 Å². The van der Waals surface area contributed by atoms with E-state index in [0.717, 1.165) is 27.9 Å². The maximum absolute atomic E-state index is 13.4. The molecule has 0 saturated heterocycles. The second kappa shape index (κ2) is 8.48. The minimum atomic E-state index is -3.65. The Morgan fingerprint density at radius 3 is 2.32 bits per heavy atom. The monoisotopic (exact) mass is 477 g/mol. The Morgan fingerprint density at radius 1 is 0.971 bits per heavy atom. The minimum absolute atomic E-state index is 0.203. The molecule has 9 heteroatoms. The summed E-state index contributed by atoms with van der Waals surface area (Å²) in [6, 6.07) is 15.0. The van der Waals surface area contributed by atoms with Gasteiger partial charge < -0.3 is 4.42 Å². The van der Waals surface area contributed by atoms with E-state index in [9.17, 15) is 8.42 Å². The van der Waals surface area contributed by atoms with Crippen molar-refractivity contribution in [1.29, 1.82) is 0 Å². The van der Waals surface area contributed by atoms with E-state index >= 15 is 0 Å². The van der Waals surface area contributed by atoms with Gasteiger partial charge in [0.05, 0.1) is 4.90 Å². The number of rotatable bonds is 5. The van der Waals surface area contributed by atoms with Crippen LogP contribution in [0.5, 0.6) is 0 Å². The molecule has 1 aliphatic heterocycles.